The van der Waals surface area contributed by atoms with E-state index in [-0.39, 0.29) is 6.42 Å². The highest BCUT2D eigenvalue weighted by Gasteiger charge is 2.04. The number of rotatable bonds is 11. The number of anilines is 2. The van der Waals surface area contributed by atoms with Gasteiger partial charge >= 0.3 is 5.97 Å². The van der Waals surface area contributed by atoms with Gasteiger partial charge in [0.1, 0.15) is 0 Å². The molecule has 2 heterocycles. The molecule has 6 heteroatoms. The molecule has 0 radical (unpaired) electrons. The number of nitrogens with zero attached hydrogens (tertiary/aromatic N) is 1. The highest BCUT2D eigenvalue weighted by atomic mass is 16.4. The van der Waals surface area contributed by atoms with Crippen molar-refractivity contribution >= 4 is 28.2 Å². The molecule has 4 rings (SSSR count). The van der Waals surface area contributed by atoms with E-state index in [1.54, 1.807) is 6.20 Å². The number of aryl methyl sites for hydroxylation is 2. The van der Waals surface area contributed by atoms with Crippen LogP contribution in [0, 0.1) is 0 Å². The molecule has 6 nitrogen and oxygen atoms in total. The Morgan fingerprint density at radius 1 is 1.00 bits per heavy atom. The molecule has 0 saturated heterocycles. The van der Waals surface area contributed by atoms with Gasteiger partial charge in [-0.1, -0.05) is 30.3 Å². The van der Waals surface area contributed by atoms with Gasteiger partial charge in [0.2, 0.25) is 0 Å². The van der Waals surface area contributed by atoms with E-state index in [1.807, 2.05) is 12.1 Å². The van der Waals surface area contributed by atoms with Crippen LogP contribution in [0.2, 0.25) is 0 Å². The van der Waals surface area contributed by atoms with E-state index in [2.05, 4.69) is 75.3 Å². The molecule has 2 aromatic heterocycles. The molecule has 0 aliphatic rings. The van der Waals surface area contributed by atoms with Gasteiger partial charge in [0.15, 0.2) is 0 Å². The summed E-state index contributed by atoms with van der Waals surface area (Å²) in [6.45, 7) is 0.967. The van der Waals surface area contributed by atoms with E-state index in [1.165, 1.54) is 22.0 Å². The number of aromatic amines is 1. The second kappa shape index (κ2) is 10.6. The molecule has 0 aliphatic carbocycles. The van der Waals surface area contributed by atoms with Gasteiger partial charge in [-0.25, -0.2) is 0 Å². The number of carbonyl (C=O) groups is 1. The van der Waals surface area contributed by atoms with Crippen LogP contribution in [0.1, 0.15) is 29.7 Å². The normalized spacial score (nSPS) is 11.0. The van der Waals surface area contributed by atoms with E-state index in [9.17, 15) is 4.79 Å². The lowest BCUT2D eigenvalue weighted by molar-refractivity contribution is -0.136. The molecule has 4 aromatic rings. The monoisotopic (exact) mass is 428 g/mol. The molecule has 0 saturated carbocycles. The molecule has 0 fully saturated rings. The van der Waals surface area contributed by atoms with E-state index in [0.717, 1.165) is 36.3 Å². The predicted molar refractivity (Wildman–Crippen MR) is 128 cm³/mol. The number of para-hydroxylation sites is 1. The number of hydrogen-bond acceptors (Lipinski definition) is 4. The fraction of sp³-hybridized carbons (Fsp3) is 0.231. The summed E-state index contributed by atoms with van der Waals surface area (Å²) in [5, 5.41) is 16.5. The van der Waals surface area contributed by atoms with Gasteiger partial charge in [-0.05, 0) is 60.7 Å². The first kappa shape index (κ1) is 21.6. The first-order valence-corrected chi connectivity index (χ1v) is 11.0. The summed E-state index contributed by atoms with van der Waals surface area (Å²) in [6, 6.07) is 20.9. The summed E-state index contributed by atoms with van der Waals surface area (Å²) in [6.07, 6.45) is 7.20. The van der Waals surface area contributed by atoms with E-state index >= 15 is 0 Å². The number of H-pyrrole nitrogens is 1. The number of hydrogen-bond donors (Lipinski definition) is 4. The summed E-state index contributed by atoms with van der Waals surface area (Å²) < 4.78 is 0. The molecule has 0 spiro atoms. The molecule has 0 atom stereocenters. The molecule has 32 heavy (non-hydrogen) atoms. The van der Waals surface area contributed by atoms with Gasteiger partial charge < -0.3 is 20.7 Å². The van der Waals surface area contributed by atoms with Gasteiger partial charge in [0.05, 0.1) is 12.1 Å². The van der Waals surface area contributed by atoms with Gasteiger partial charge in [-0.15, -0.1) is 0 Å². The molecule has 164 valence electrons. The van der Waals surface area contributed by atoms with Gasteiger partial charge in [0, 0.05) is 47.8 Å². The Kier molecular flexibility index (Phi) is 7.15. The van der Waals surface area contributed by atoms with Crippen molar-refractivity contribution < 1.29 is 9.90 Å². The predicted octanol–water partition coefficient (Wildman–Crippen LogP) is 5.05. The van der Waals surface area contributed by atoms with Crippen LogP contribution in [-0.2, 0) is 24.2 Å². The maximum Gasteiger partial charge on any atom is 0.304 e. The minimum Gasteiger partial charge on any atom is -0.481 e. The molecular formula is C26H28N4O2. The lowest BCUT2D eigenvalue weighted by Crippen LogP contribution is -2.18. The Balaban J connectivity index is 1.26. The fourth-order valence-corrected chi connectivity index (χ4v) is 3.81. The SMILES string of the molecule is O=C(O)CCNCc1cc(Nc2ccc(CCCc3c[nH]c4ccccc34)cc2)ccn1. The maximum atomic E-state index is 10.6. The number of benzene rings is 2. The van der Waals surface area contributed by atoms with Gasteiger partial charge in [-0.2, -0.15) is 0 Å². The second-order valence-corrected chi connectivity index (χ2v) is 7.89. The number of carboxylic acid groups (broad SMARTS) is 1. The average Bonchev–Trinajstić information content (AvgIpc) is 3.21. The highest BCUT2D eigenvalue weighted by Crippen LogP contribution is 2.21. The van der Waals surface area contributed by atoms with Crippen LogP contribution >= 0.6 is 0 Å². The Morgan fingerprint density at radius 2 is 1.84 bits per heavy atom. The summed E-state index contributed by atoms with van der Waals surface area (Å²) in [4.78, 5) is 18.3. The first-order valence-electron chi connectivity index (χ1n) is 11.0. The molecule has 4 N–H and O–H groups in total. The third-order valence-corrected chi connectivity index (χ3v) is 5.47. The zero-order valence-corrected chi connectivity index (χ0v) is 18.0. The van der Waals surface area contributed by atoms with Crippen LogP contribution < -0.4 is 10.6 Å². The van der Waals surface area contributed by atoms with Crippen LogP contribution in [0.25, 0.3) is 10.9 Å². The van der Waals surface area contributed by atoms with Crippen molar-refractivity contribution in [2.24, 2.45) is 0 Å². The van der Waals surface area contributed by atoms with Crippen LogP contribution in [-0.4, -0.2) is 27.6 Å². The van der Waals surface area contributed by atoms with Crippen LogP contribution in [0.3, 0.4) is 0 Å². The van der Waals surface area contributed by atoms with Crippen molar-refractivity contribution in [1.82, 2.24) is 15.3 Å². The average molecular weight is 429 g/mol. The van der Waals surface area contributed by atoms with Gasteiger partial charge in [-0.3, -0.25) is 9.78 Å². The van der Waals surface area contributed by atoms with Crippen molar-refractivity contribution in [3.8, 4) is 0 Å². The van der Waals surface area contributed by atoms with Crippen molar-refractivity contribution in [3.05, 3.63) is 89.9 Å². The summed E-state index contributed by atoms with van der Waals surface area (Å²) in [5.74, 6) is -0.803. The highest BCUT2D eigenvalue weighted by molar-refractivity contribution is 5.83. The van der Waals surface area contributed by atoms with Crippen LogP contribution in [0.4, 0.5) is 11.4 Å². The number of aromatic nitrogens is 2. The number of fused-ring (bicyclic) bond motifs is 1. The van der Waals surface area contributed by atoms with Crippen molar-refractivity contribution in [1.29, 1.82) is 0 Å². The Bertz CT molecular complexity index is 1170. The number of aliphatic carboxylic acids is 1. The molecule has 0 amide bonds. The third-order valence-electron chi connectivity index (χ3n) is 5.47. The molecule has 0 unspecified atom stereocenters. The number of pyridine rings is 1. The lowest BCUT2D eigenvalue weighted by Gasteiger charge is -2.09. The standard InChI is InChI=1S/C26H28N4O2/c31-26(32)13-14-27-18-23-16-22(12-15-28-23)30-21-10-8-19(9-11-21)4-3-5-20-17-29-25-7-2-1-6-24(20)25/h1-2,6-12,15-17,27,29H,3-5,13-14,18H2,(H,28,30)(H,31,32). The summed E-state index contributed by atoms with van der Waals surface area (Å²) >= 11 is 0. The minimum absolute atomic E-state index is 0.103. The number of nitrogens with one attached hydrogen (secondary N) is 3. The zero-order chi connectivity index (χ0) is 22.2. The third kappa shape index (κ3) is 5.95. The van der Waals surface area contributed by atoms with Crippen LogP contribution in [0.5, 0.6) is 0 Å². The Labute approximate surface area is 187 Å². The van der Waals surface area contributed by atoms with E-state index in [4.69, 9.17) is 5.11 Å². The zero-order valence-electron chi connectivity index (χ0n) is 18.0. The summed E-state index contributed by atoms with van der Waals surface area (Å²) in [5.41, 5.74) is 6.77. The fourth-order valence-electron chi connectivity index (χ4n) is 3.81. The Morgan fingerprint density at radius 3 is 2.69 bits per heavy atom. The smallest absolute Gasteiger partial charge is 0.304 e. The molecule has 0 bridgehead atoms. The molecule has 0 aliphatic heterocycles. The van der Waals surface area contributed by atoms with Gasteiger partial charge in [0.25, 0.3) is 0 Å². The maximum absolute atomic E-state index is 10.6. The van der Waals surface area contributed by atoms with Crippen molar-refractivity contribution in [2.75, 3.05) is 11.9 Å². The van der Waals surface area contributed by atoms with Crippen molar-refractivity contribution in [3.63, 3.8) is 0 Å². The first-order chi connectivity index (χ1) is 15.7. The molecular weight excluding hydrogens is 400 g/mol. The topological polar surface area (TPSA) is 90.0 Å². The largest absolute Gasteiger partial charge is 0.481 e. The minimum atomic E-state index is -0.803. The Hall–Kier alpha value is -3.64. The van der Waals surface area contributed by atoms with Crippen LogP contribution in [0.15, 0.2) is 73.1 Å². The quantitative estimate of drug-likeness (QED) is 0.251. The van der Waals surface area contributed by atoms with Crippen molar-refractivity contribution in [2.45, 2.75) is 32.2 Å². The molecule has 2 aromatic carbocycles. The number of carboxylic acids is 1. The van der Waals surface area contributed by atoms with E-state index < -0.39 is 5.97 Å². The summed E-state index contributed by atoms with van der Waals surface area (Å²) in [7, 11) is 0. The second-order valence-electron chi connectivity index (χ2n) is 7.89. The lowest BCUT2D eigenvalue weighted by atomic mass is 10.0. The van der Waals surface area contributed by atoms with E-state index in [0.29, 0.717) is 13.1 Å².